The van der Waals surface area contributed by atoms with Gasteiger partial charge >= 0.3 is 0 Å². The first-order valence-electron chi connectivity index (χ1n) is 8.81. The highest BCUT2D eigenvalue weighted by molar-refractivity contribution is 6.30. The zero-order chi connectivity index (χ0) is 17.2. The number of halogens is 1. The van der Waals surface area contributed by atoms with Crippen LogP contribution in [0.25, 0.3) is 5.65 Å². The van der Waals surface area contributed by atoms with Gasteiger partial charge in [-0.05, 0) is 36.8 Å². The Morgan fingerprint density at radius 2 is 1.72 bits per heavy atom. The lowest BCUT2D eigenvalue weighted by molar-refractivity contribution is 0.120. The summed E-state index contributed by atoms with van der Waals surface area (Å²) in [5, 5.41) is 0.819. The molecule has 1 aliphatic rings. The molecule has 0 atom stereocenters. The number of piperazine rings is 1. The van der Waals surface area contributed by atoms with Crippen LogP contribution in [0.2, 0.25) is 5.02 Å². The summed E-state index contributed by atoms with van der Waals surface area (Å²) in [5.74, 6) is 0. The predicted molar refractivity (Wildman–Crippen MR) is 102 cm³/mol. The Kier molecular flexibility index (Phi) is 4.75. The van der Waals surface area contributed by atoms with E-state index in [1.165, 1.54) is 11.3 Å². The number of hydrogen-bond donors (Lipinski definition) is 0. The van der Waals surface area contributed by atoms with Crippen molar-refractivity contribution < 1.29 is 0 Å². The van der Waals surface area contributed by atoms with Crippen LogP contribution < -0.4 is 0 Å². The van der Waals surface area contributed by atoms with Gasteiger partial charge in [-0.25, -0.2) is 4.98 Å². The smallest absolute Gasteiger partial charge is 0.137 e. The lowest BCUT2D eigenvalue weighted by Gasteiger charge is -2.34. The normalized spacial score (nSPS) is 16.6. The molecular formula is C20H23ClN4. The molecule has 0 radical (unpaired) electrons. The van der Waals surface area contributed by atoms with Crippen molar-refractivity contribution in [3.8, 4) is 0 Å². The van der Waals surface area contributed by atoms with Crippen LogP contribution in [0.5, 0.6) is 0 Å². The number of pyridine rings is 1. The fourth-order valence-corrected chi connectivity index (χ4v) is 3.78. The standard InChI is InChI=1S/C20H23ClN4/c1-16-19(25-8-3-2-7-20(25)22-16)15-24-11-9-23(10-12-24)14-17-5-4-6-18(21)13-17/h2-8,13H,9-12,14-15H2,1H3. The van der Waals surface area contributed by atoms with Crippen LogP contribution >= 0.6 is 11.6 Å². The van der Waals surface area contributed by atoms with Crippen LogP contribution in [0, 0.1) is 6.92 Å². The first kappa shape index (κ1) is 16.6. The van der Waals surface area contributed by atoms with Gasteiger partial charge in [0.05, 0.1) is 11.4 Å². The van der Waals surface area contributed by atoms with Gasteiger partial charge < -0.3 is 4.40 Å². The fourth-order valence-electron chi connectivity index (χ4n) is 3.57. The lowest BCUT2D eigenvalue weighted by Crippen LogP contribution is -2.45. The first-order valence-corrected chi connectivity index (χ1v) is 9.18. The van der Waals surface area contributed by atoms with Crippen molar-refractivity contribution in [1.29, 1.82) is 0 Å². The third-order valence-electron chi connectivity index (χ3n) is 4.96. The number of rotatable bonds is 4. The Morgan fingerprint density at radius 1 is 0.960 bits per heavy atom. The largest absolute Gasteiger partial charge is 0.302 e. The predicted octanol–water partition coefficient (Wildman–Crippen LogP) is 3.61. The summed E-state index contributed by atoms with van der Waals surface area (Å²) >= 11 is 6.09. The van der Waals surface area contributed by atoms with Crippen LogP contribution in [0.15, 0.2) is 48.7 Å². The molecule has 4 nitrogen and oxygen atoms in total. The van der Waals surface area contributed by atoms with Gasteiger partial charge in [-0.2, -0.15) is 0 Å². The molecule has 0 aliphatic carbocycles. The number of fused-ring (bicyclic) bond motifs is 1. The third-order valence-corrected chi connectivity index (χ3v) is 5.20. The van der Waals surface area contributed by atoms with Crippen molar-refractivity contribution >= 4 is 17.2 Å². The maximum atomic E-state index is 6.09. The molecule has 1 fully saturated rings. The number of aryl methyl sites for hydroxylation is 1. The van der Waals surface area contributed by atoms with Crippen molar-refractivity contribution in [2.45, 2.75) is 20.0 Å². The highest BCUT2D eigenvalue weighted by Gasteiger charge is 2.19. The summed E-state index contributed by atoms with van der Waals surface area (Å²) in [7, 11) is 0. The molecule has 4 rings (SSSR count). The number of benzene rings is 1. The van der Waals surface area contributed by atoms with Crippen LogP contribution in [0.1, 0.15) is 17.0 Å². The Balaban J connectivity index is 1.38. The number of hydrogen-bond acceptors (Lipinski definition) is 3. The lowest BCUT2D eigenvalue weighted by atomic mass is 10.2. The molecule has 1 aromatic carbocycles. The molecule has 0 spiro atoms. The van der Waals surface area contributed by atoms with E-state index in [9.17, 15) is 0 Å². The van der Waals surface area contributed by atoms with E-state index in [1.807, 2.05) is 18.2 Å². The fraction of sp³-hybridized carbons (Fsp3) is 0.350. The van der Waals surface area contributed by atoms with E-state index in [0.29, 0.717) is 0 Å². The molecule has 25 heavy (non-hydrogen) atoms. The zero-order valence-electron chi connectivity index (χ0n) is 14.5. The van der Waals surface area contributed by atoms with Gasteiger partial charge in [0.25, 0.3) is 0 Å². The Bertz CT molecular complexity index is 865. The maximum Gasteiger partial charge on any atom is 0.137 e. The second kappa shape index (κ2) is 7.16. The van der Waals surface area contributed by atoms with Crippen molar-refractivity contribution in [3.63, 3.8) is 0 Å². The van der Waals surface area contributed by atoms with Crippen LogP contribution in [-0.2, 0) is 13.1 Å². The van der Waals surface area contributed by atoms with Crippen LogP contribution in [-0.4, -0.2) is 45.4 Å². The maximum absolute atomic E-state index is 6.09. The minimum absolute atomic E-state index is 0.819. The average Bonchev–Trinajstić information content (AvgIpc) is 2.92. The Labute approximate surface area is 153 Å². The molecule has 3 aromatic rings. The van der Waals surface area contributed by atoms with Gasteiger partial charge in [0, 0.05) is 50.5 Å². The summed E-state index contributed by atoms with van der Waals surface area (Å²) in [6, 6.07) is 14.4. The molecule has 0 saturated carbocycles. The molecule has 3 heterocycles. The van der Waals surface area contributed by atoms with Crippen molar-refractivity contribution in [3.05, 3.63) is 70.6 Å². The molecule has 1 aliphatic heterocycles. The minimum Gasteiger partial charge on any atom is -0.302 e. The Hall–Kier alpha value is -1.88. The van der Waals surface area contributed by atoms with Gasteiger partial charge in [-0.3, -0.25) is 9.80 Å². The molecule has 0 unspecified atom stereocenters. The zero-order valence-corrected chi connectivity index (χ0v) is 15.3. The van der Waals surface area contributed by atoms with E-state index in [-0.39, 0.29) is 0 Å². The van der Waals surface area contributed by atoms with Crippen molar-refractivity contribution in [1.82, 2.24) is 19.2 Å². The van der Waals surface area contributed by atoms with E-state index in [2.05, 4.69) is 56.6 Å². The highest BCUT2D eigenvalue weighted by atomic mass is 35.5. The van der Waals surface area contributed by atoms with E-state index in [4.69, 9.17) is 11.6 Å². The quantitative estimate of drug-likeness (QED) is 0.715. The summed E-state index contributed by atoms with van der Waals surface area (Å²) in [6.07, 6.45) is 2.11. The van der Waals surface area contributed by atoms with Crippen LogP contribution in [0.4, 0.5) is 0 Å². The topological polar surface area (TPSA) is 23.8 Å². The van der Waals surface area contributed by atoms with E-state index in [1.54, 1.807) is 0 Å². The van der Waals surface area contributed by atoms with Gasteiger partial charge in [-0.1, -0.05) is 29.8 Å². The summed E-state index contributed by atoms with van der Waals surface area (Å²) in [5.41, 5.74) is 4.76. The van der Waals surface area contributed by atoms with Gasteiger partial charge in [0.2, 0.25) is 0 Å². The molecule has 0 N–H and O–H groups in total. The van der Waals surface area contributed by atoms with Gasteiger partial charge in [0.15, 0.2) is 0 Å². The molecule has 2 aromatic heterocycles. The third kappa shape index (κ3) is 3.71. The monoisotopic (exact) mass is 354 g/mol. The molecule has 5 heteroatoms. The SMILES string of the molecule is Cc1nc2ccccn2c1CN1CCN(Cc2cccc(Cl)c2)CC1. The van der Waals surface area contributed by atoms with Crippen LogP contribution in [0.3, 0.4) is 0 Å². The number of nitrogens with zero attached hydrogens (tertiary/aromatic N) is 4. The summed E-state index contributed by atoms with van der Waals surface area (Å²) in [6.45, 7) is 8.38. The highest BCUT2D eigenvalue weighted by Crippen LogP contribution is 2.17. The first-order chi connectivity index (χ1) is 12.2. The number of aromatic nitrogens is 2. The van der Waals surface area contributed by atoms with E-state index >= 15 is 0 Å². The van der Waals surface area contributed by atoms with Gasteiger partial charge in [0.1, 0.15) is 5.65 Å². The van der Waals surface area contributed by atoms with Crippen molar-refractivity contribution in [2.75, 3.05) is 26.2 Å². The van der Waals surface area contributed by atoms with E-state index in [0.717, 1.165) is 55.6 Å². The second-order valence-electron chi connectivity index (χ2n) is 6.75. The summed E-state index contributed by atoms with van der Waals surface area (Å²) < 4.78 is 2.22. The van der Waals surface area contributed by atoms with Crippen molar-refractivity contribution in [2.24, 2.45) is 0 Å². The molecular weight excluding hydrogens is 332 g/mol. The minimum atomic E-state index is 0.819. The molecule has 1 saturated heterocycles. The molecule has 0 amide bonds. The average molecular weight is 355 g/mol. The van der Waals surface area contributed by atoms with Gasteiger partial charge in [-0.15, -0.1) is 0 Å². The molecule has 0 bridgehead atoms. The Morgan fingerprint density at radius 3 is 2.48 bits per heavy atom. The molecule has 130 valence electrons. The summed E-state index contributed by atoms with van der Waals surface area (Å²) in [4.78, 5) is 9.70. The second-order valence-corrected chi connectivity index (χ2v) is 7.19. The van der Waals surface area contributed by atoms with E-state index < -0.39 is 0 Å². The number of imidazole rings is 1.